The van der Waals surface area contributed by atoms with Gasteiger partial charge in [-0.3, -0.25) is 4.68 Å². The standard InChI is InChI=1S/C14H25N3/c1-6-17-14(7-8-16-17)9-13(11(2)3)10-15-12(4)5/h7-9,11-12,15H,6,10H2,1-5H3/b13-9-. The normalized spacial score (nSPS) is 12.8. The summed E-state index contributed by atoms with van der Waals surface area (Å²) in [6, 6.07) is 2.59. The molecule has 0 atom stereocenters. The van der Waals surface area contributed by atoms with E-state index in [1.165, 1.54) is 11.3 Å². The summed E-state index contributed by atoms with van der Waals surface area (Å²) in [7, 11) is 0. The van der Waals surface area contributed by atoms with Crippen LogP contribution in [-0.4, -0.2) is 22.4 Å². The average Bonchev–Trinajstić information content (AvgIpc) is 2.70. The van der Waals surface area contributed by atoms with Gasteiger partial charge < -0.3 is 5.32 Å². The van der Waals surface area contributed by atoms with Crippen LogP contribution in [0.5, 0.6) is 0 Å². The van der Waals surface area contributed by atoms with Crippen LogP contribution >= 0.6 is 0 Å². The van der Waals surface area contributed by atoms with Crippen LogP contribution in [0.15, 0.2) is 17.8 Å². The van der Waals surface area contributed by atoms with Gasteiger partial charge >= 0.3 is 0 Å². The minimum atomic E-state index is 0.522. The molecule has 0 aliphatic carbocycles. The van der Waals surface area contributed by atoms with Crippen molar-refractivity contribution < 1.29 is 0 Å². The van der Waals surface area contributed by atoms with E-state index in [1.54, 1.807) is 0 Å². The minimum absolute atomic E-state index is 0.522. The van der Waals surface area contributed by atoms with Crippen LogP contribution in [0.1, 0.15) is 40.3 Å². The molecular formula is C14H25N3. The van der Waals surface area contributed by atoms with Crippen LogP contribution < -0.4 is 5.32 Å². The first-order valence-electron chi connectivity index (χ1n) is 6.50. The van der Waals surface area contributed by atoms with Gasteiger partial charge in [0.2, 0.25) is 0 Å². The van der Waals surface area contributed by atoms with Gasteiger partial charge in [-0.1, -0.05) is 33.3 Å². The van der Waals surface area contributed by atoms with Crippen molar-refractivity contribution in [2.24, 2.45) is 5.92 Å². The number of aryl methyl sites for hydroxylation is 1. The Morgan fingerprint density at radius 1 is 1.41 bits per heavy atom. The summed E-state index contributed by atoms with van der Waals surface area (Å²) in [5, 5.41) is 7.77. The molecule has 0 spiro atoms. The molecule has 0 saturated heterocycles. The second-order valence-corrected chi connectivity index (χ2v) is 4.98. The van der Waals surface area contributed by atoms with E-state index in [0.29, 0.717) is 12.0 Å². The summed E-state index contributed by atoms with van der Waals surface area (Å²) in [6.07, 6.45) is 4.12. The third kappa shape index (κ3) is 4.35. The largest absolute Gasteiger partial charge is 0.311 e. The first kappa shape index (κ1) is 14.0. The third-order valence-electron chi connectivity index (χ3n) is 2.84. The van der Waals surface area contributed by atoms with Gasteiger partial charge in [0.25, 0.3) is 0 Å². The Balaban J connectivity index is 2.82. The average molecular weight is 235 g/mol. The lowest BCUT2D eigenvalue weighted by molar-refractivity contribution is 0.591. The summed E-state index contributed by atoms with van der Waals surface area (Å²) < 4.78 is 2.03. The van der Waals surface area contributed by atoms with E-state index in [0.717, 1.165) is 13.1 Å². The maximum absolute atomic E-state index is 4.29. The van der Waals surface area contributed by atoms with Crippen molar-refractivity contribution in [3.05, 3.63) is 23.5 Å². The van der Waals surface area contributed by atoms with Crippen LogP contribution in [0, 0.1) is 5.92 Å². The van der Waals surface area contributed by atoms with Crippen molar-refractivity contribution >= 4 is 6.08 Å². The van der Waals surface area contributed by atoms with Gasteiger partial charge in [-0.2, -0.15) is 5.10 Å². The van der Waals surface area contributed by atoms with Crippen LogP contribution in [0.2, 0.25) is 0 Å². The molecule has 0 saturated carbocycles. The molecule has 3 heteroatoms. The number of hydrogen-bond acceptors (Lipinski definition) is 2. The number of hydrogen-bond donors (Lipinski definition) is 1. The molecule has 1 aromatic rings. The van der Waals surface area contributed by atoms with E-state index < -0.39 is 0 Å². The summed E-state index contributed by atoms with van der Waals surface area (Å²) in [5.74, 6) is 0.557. The van der Waals surface area contributed by atoms with Crippen LogP contribution in [0.3, 0.4) is 0 Å². The Labute approximate surface area is 105 Å². The fourth-order valence-electron chi connectivity index (χ4n) is 1.66. The van der Waals surface area contributed by atoms with E-state index in [1.807, 2.05) is 10.9 Å². The maximum Gasteiger partial charge on any atom is 0.0609 e. The Kier molecular flexibility index (Phi) is 5.42. The lowest BCUT2D eigenvalue weighted by Gasteiger charge is -2.15. The SMILES string of the molecule is CCn1nccc1/C=C(/CNC(C)C)C(C)C. The zero-order valence-electron chi connectivity index (χ0n) is 11.7. The highest BCUT2D eigenvalue weighted by atomic mass is 15.3. The topological polar surface area (TPSA) is 29.9 Å². The van der Waals surface area contributed by atoms with Crippen LogP contribution in [0.4, 0.5) is 0 Å². The highest BCUT2D eigenvalue weighted by molar-refractivity contribution is 5.50. The van der Waals surface area contributed by atoms with Gasteiger partial charge in [0.15, 0.2) is 0 Å². The van der Waals surface area contributed by atoms with E-state index in [9.17, 15) is 0 Å². The Morgan fingerprint density at radius 2 is 2.12 bits per heavy atom. The molecule has 96 valence electrons. The zero-order chi connectivity index (χ0) is 12.8. The van der Waals surface area contributed by atoms with Crippen molar-refractivity contribution in [2.75, 3.05) is 6.54 Å². The molecule has 1 rings (SSSR count). The molecule has 0 radical (unpaired) electrons. The zero-order valence-corrected chi connectivity index (χ0v) is 11.7. The monoisotopic (exact) mass is 235 g/mol. The smallest absolute Gasteiger partial charge is 0.0609 e. The van der Waals surface area contributed by atoms with Gasteiger partial charge in [-0.05, 0) is 25.0 Å². The van der Waals surface area contributed by atoms with Crippen molar-refractivity contribution in [1.29, 1.82) is 0 Å². The second-order valence-electron chi connectivity index (χ2n) is 4.98. The van der Waals surface area contributed by atoms with E-state index in [4.69, 9.17) is 0 Å². The predicted octanol–water partition coefficient (Wildman–Crippen LogP) is 2.94. The highest BCUT2D eigenvalue weighted by Gasteiger charge is 2.06. The van der Waals surface area contributed by atoms with Crippen molar-refractivity contribution in [3.63, 3.8) is 0 Å². The lowest BCUT2D eigenvalue weighted by atomic mass is 10.0. The van der Waals surface area contributed by atoms with Crippen molar-refractivity contribution in [2.45, 2.75) is 47.2 Å². The first-order chi connectivity index (χ1) is 8.04. The van der Waals surface area contributed by atoms with Crippen molar-refractivity contribution in [1.82, 2.24) is 15.1 Å². The molecule has 0 fully saturated rings. The molecule has 3 nitrogen and oxygen atoms in total. The summed E-state index contributed by atoms with van der Waals surface area (Å²) in [6.45, 7) is 12.8. The highest BCUT2D eigenvalue weighted by Crippen LogP contribution is 2.14. The van der Waals surface area contributed by atoms with Gasteiger partial charge in [0.05, 0.1) is 5.69 Å². The number of nitrogens with zero attached hydrogens (tertiary/aromatic N) is 2. The molecule has 1 N–H and O–H groups in total. The third-order valence-corrected chi connectivity index (χ3v) is 2.84. The molecular weight excluding hydrogens is 210 g/mol. The molecule has 1 heterocycles. The first-order valence-corrected chi connectivity index (χ1v) is 6.50. The molecule has 0 aliphatic rings. The van der Waals surface area contributed by atoms with E-state index in [-0.39, 0.29) is 0 Å². The van der Waals surface area contributed by atoms with Crippen LogP contribution in [0.25, 0.3) is 6.08 Å². The molecule has 0 bridgehead atoms. The maximum atomic E-state index is 4.29. The number of rotatable bonds is 6. The predicted molar refractivity (Wildman–Crippen MR) is 73.9 cm³/mol. The lowest BCUT2D eigenvalue weighted by Crippen LogP contribution is -2.26. The quantitative estimate of drug-likeness (QED) is 0.821. The van der Waals surface area contributed by atoms with Gasteiger partial charge in [-0.15, -0.1) is 0 Å². The Bertz CT molecular complexity index is 361. The Hall–Kier alpha value is -1.09. The second kappa shape index (κ2) is 6.60. The van der Waals surface area contributed by atoms with Gasteiger partial charge in [0, 0.05) is 25.3 Å². The summed E-state index contributed by atoms with van der Waals surface area (Å²) in [5.41, 5.74) is 2.62. The van der Waals surface area contributed by atoms with Crippen LogP contribution in [-0.2, 0) is 6.54 Å². The van der Waals surface area contributed by atoms with Gasteiger partial charge in [-0.25, -0.2) is 0 Å². The molecule has 0 aliphatic heterocycles. The number of aromatic nitrogens is 2. The summed E-state index contributed by atoms with van der Waals surface area (Å²) in [4.78, 5) is 0. The van der Waals surface area contributed by atoms with Gasteiger partial charge in [0.1, 0.15) is 0 Å². The van der Waals surface area contributed by atoms with E-state index in [2.05, 4.69) is 57.2 Å². The van der Waals surface area contributed by atoms with E-state index >= 15 is 0 Å². The molecule has 0 amide bonds. The fourth-order valence-corrected chi connectivity index (χ4v) is 1.66. The molecule has 0 unspecified atom stereocenters. The molecule has 0 aromatic carbocycles. The minimum Gasteiger partial charge on any atom is -0.311 e. The molecule has 17 heavy (non-hydrogen) atoms. The number of nitrogens with one attached hydrogen (secondary N) is 1. The Morgan fingerprint density at radius 3 is 2.65 bits per heavy atom. The molecule has 1 aromatic heterocycles. The fraction of sp³-hybridized carbons (Fsp3) is 0.643. The summed E-state index contributed by atoms with van der Waals surface area (Å²) >= 11 is 0. The van der Waals surface area contributed by atoms with Crippen molar-refractivity contribution in [3.8, 4) is 0 Å².